The Bertz CT molecular complexity index is 413. The molecule has 1 amide bonds. The van der Waals surface area contributed by atoms with Crippen molar-refractivity contribution in [1.82, 2.24) is 4.98 Å². The summed E-state index contributed by atoms with van der Waals surface area (Å²) in [4.78, 5) is 15.8. The lowest BCUT2D eigenvalue weighted by molar-refractivity contribution is -0.126. The summed E-state index contributed by atoms with van der Waals surface area (Å²) in [5.41, 5.74) is 5.83. The van der Waals surface area contributed by atoms with E-state index in [1.165, 1.54) is 18.3 Å². The Morgan fingerprint density at radius 3 is 2.67 bits per heavy atom. The van der Waals surface area contributed by atoms with Crippen molar-refractivity contribution in [2.45, 2.75) is 32.1 Å². The van der Waals surface area contributed by atoms with Crippen LogP contribution in [0.2, 0.25) is 0 Å². The van der Waals surface area contributed by atoms with Crippen LogP contribution in [0.1, 0.15) is 32.1 Å². The van der Waals surface area contributed by atoms with E-state index in [1.54, 1.807) is 0 Å². The van der Waals surface area contributed by atoms with Crippen LogP contribution in [0.4, 0.5) is 10.1 Å². The van der Waals surface area contributed by atoms with E-state index in [1.807, 2.05) is 0 Å². The average molecular weight is 251 g/mol. The van der Waals surface area contributed by atoms with Gasteiger partial charge in [0, 0.05) is 6.54 Å². The van der Waals surface area contributed by atoms with Crippen molar-refractivity contribution in [2.24, 2.45) is 11.1 Å². The number of carbonyl (C=O) groups excluding carboxylic acids is 1. The molecule has 1 aliphatic carbocycles. The van der Waals surface area contributed by atoms with Gasteiger partial charge in [-0.05, 0) is 25.0 Å². The SMILES string of the molecule is NCC1(C(=O)Nc2ccc(F)nc2)CCCCC1. The maximum absolute atomic E-state index is 12.7. The number of hydrogen-bond acceptors (Lipinski definition) is 3. The highest BCUT2D eigenvalue weighted by Crippen LogP contribution is 2.36. The minimum absolute atomic E-state index is 0.0712. The van der Waals surface area contributed by atoms with Gasteiger partial charge in [0.05, 0.1) is 17.3 Å². The van der Waals surface area contributed by atoms with Crippen LogP contribution in [0.5, 0.6) is 0 Å². The van der Waals surface area contributed by atoms with Crippen LogP contribution in [-0.2, 0) is 4.79 Å². The predicted molar refractivity (Wildman–Crippen MR) is 67.4 cm³/mol. The molecule has 2 rings (SSSR count). The molecule has 1 saturated carbocycles. The monoisotopic (exact) mass is 251 g/mol. The van der Waals surface area contributed by atoms with Crippen molar-refractivity contribution in [1.29, 1.82) is 0 Å². The third kappa shape index (κ3) is 2.67. The van der Waals surface area contributed by atoms with Gasteiger partial charge in [-0.2, -0.15) is 4.39 Å². The van der Waals surface area contributed by atoms with E-state index in [0.717, 1.165) is 32.1 Å². The number of nitrogens with two attached hydrogens (primary N) is 1. The minimum Gasteiger partial charge on any atom is -0.329 e. The predicted octanol–water partition coefficient (Wildman–Crippen LogP) is 2.07. The maximum atomic E-state index is 12.7. The minimum atomic E-state index is -0.556. The first-order valence-corrected chi connectivity index (χ1v) is 6.29. The summed E-state index contributed by atoms with van der Waals surface area (Å²) in [7, 11) is 0. The number of rotatable bonds is 3. The number of nitrogens with one attached hydrogen (secondary N) is 1. The molecule has 0 unspecified atom stereocenters. The molecule has 18 heavy (non-hydrogen) atoms. The maximum Gasteiger partial charge on any atom is 0.231 e. The fourth-order valence-corrected chi connectivity index (χ4v) is 2.47. The summed E-state index contributed by atoms with van der Waals surface area (Å²) in [6.45, 7) is 0.355. The highest BCUT2D eigenvalue weighted by molar-refractivity contribution is 5.95. The van der Waals surface area contributed by atoms with E-state index in [0.29, 0.717) is 12.2 Å². The Labute approximate surface area is 106 Å². The van der Waals surface area contributed by atoms with Crippen molar-refractivity contribution >= 4 is 11.6 Å². The van der Waals surface area contributed by atoms with E-state index < -0.39 is 11.4 Å². The zero-order valence-electron chi connectivity index (χ0n) is 10.3. The van der Waals surface area contributed by atoms with Gasteiger partial charge >= 0.3 is 0 Å². The van der Waals surface area contributed by atoms with Gasteiger partial charge < -0.3 is 11.1 Å². The fraction of sp³-hybridized carbons (Fsp3) is 0.538. The summed E-state index contributed by atoms with van der Waals surface area (Å²) in [6.07, 6.45) is 6.19. The molecule has 4 nitrogen and oxygen atoms in total. The fourth-order valence-electron chi connectivity index (χ4n) is 2.47. The quantitative estimate of drug-likeness (QED) is 0.808. The summed E-state index contributed by atoms with van der Waals surface area (Å²) in [5, 5.41) is 2.78. The van der Waals surface area contributed by atoms with Crippen LogP contribution < -0.4 is 11.1 Å². The molecule has 0 radical (unpaired) electrons. The Balaban J connectivity index is 2.07. The Kier molecular flexibility index (Phi) is 3.91. The molecular formula is C13H18FN3O. The summed E-state index contributed by atoms with van der Waals surface area (Å²) in [6, 6.07) is 2.73. The second-order valence-corrected chi connectivity index (χ2v) is 4.87. The zero-order chi connectivity index (χ0) is 13.0. The first-order valence-electron chi connectivity index (χ1n) is 6.29. The zero-order valence-corrected chi connectivity index (χ0v) is 10.3. The summed E-state index contributed by atoms with van der Waals surface area (Å²) >= 11 is 0. The summed E-state index contributed by atoms with van der Waals surface area (Å²) in [5.74, 6) is -0.627. The van der Waals surface area contributed by atoms with Crippen molar-refractivity contribution in [3.63, 3.8) is 0 Å². The highest BCUT2D eigenvalue weighted by atomic mass is 19.1. The second-order valence-electron chi connectivity index (χ2n) is 4.87. The molecule has 1 fully saturated rings. The lowest BCUT2D eigenvalue weighted by Gasteiger charge is -2.34. The topological polar surface area (TPSA) is 68.0 Å². The van der Waals surface area contributed by atoms with Gasteiger partial charge in [0.2, 0.25) is 11.9 Å². The van der Waals surface area contributed by atoms with Crippen LogP contribution in [-0.4, -0.2) is 17.4 Å². The average Bonchev–Trinajstić information content (AvgIpc) is 2.42. The molecule has 1 heterocycles. The standard InChI is InChI=1S/C13H18FN3O/c14-11-5-4-10(8-16-11)17-12(18)13(9-15)6-2-1-3-7-13/h4-5,8H,1-3,6-7,9,15H2,(H,17,18). The molecule has 3 N–H and O–H groups in total. The normalized spacial score (nSPS) is 18.3. The second kappa shape index (κ2) is 5.44. The third-order valence-corrected chi connectivity index (χ3v) is 3.67. The molecule has 1 aromatic heterocycles. The van der Waals surface area contributed by atoms with Crippen LogP contribution >= 0.6 is 0 Å². The number of anilines is 1. The number of amides is 1. The smallest absolute Gasteiger partial charge is 0.231 e. The number of pyridine rings is 1. The molecule has 0 aliphatic heterocycles. The number of nitrogens with zero attached hydrogens (tertiary/aromatic N) is 1. The van der Waals surface area contributed by atoms with Crippen LogP contribution in [0.15, 0.2) is 18.3 Å². The Hall–Kier alpha value is -1.49. The van der Waals surface area contributed by atoms with Gasteiger partial charge in [0.1, 0.15) is 0 Å². The number of carbonyl (C=O) groups is 1. The van der Waals surface area contributed by atoms with Gasteiger partial charge in [-0.3, -0.25) is 4.79 Å². The van der Waals surface area contributed by atoms with E-state index in [2.05, 4.69) is 10.3 Å². The van der Waals surface area contributed by atoms with Gasteiger partial charge in [-0.25, -0.2) is 4.98 Å². The van der Waals surface area contributed by atoms with Crippen LogP contribution in [0, 0.1) is 11.4 Å². The van der Waals surface area contributed by atoms with Crippen molar-refractivity contribution < 1.29 is 9.18 Å². The first-order chi connectivity index (χ1) is 8.66. The number of hydrogen-bond donors (Lipinski definition) is 2. The number of halogens is 1. The van der Waals surface area contributed by atoms with Crippen LogP contribution in [0.3, 0.4) is 0 Å². The molecule has 0 aromatic carbocycles. The molecule has 0 atom stereocenters. The van der Waals surface area contributed by atoms with E-state index >= 15 is 0 Å². The molecule has 1 aliphatic rings. The largest absolute Gasteiger partial charge is 0.329 e. The van der Waals surface area contributed by atoms with Gasteiger partial charge in [0.25, 0.3) is 0 Å². The lowest BCUT2D eigenvalue weighted by atomic mass is 9.73. The Morgan fingerprint density at radius 1 is 1.39 bits per heavy atom. The number of aromatic nitrogens is 1. The van der Waals surface area contributed by atoms with E-state index in [4.69, 9.17) is 5.73 Å². The highest BCUT2D eigenvalue weighted by Gasteiger charge is 2.38. The lowest BCUT2D eigenvalue weighted by Crippen LogP contribution is -2.43. The molecule has 0 bridgehead atoms. The van der Waals surface area contributed by atoms with Crippen molar-refractivity contribution in [2.75, 3.05) is 11.9 Å². The van der Waals surface area contributed by atoms with Crippen molar-refractivity contribution in [3.05, 3.63) is 24.3 Å². The molecule has 1 aromatic rings. The summed E-state index contributed by atoms with van der Waals surface area (Å²) < 4.78 is 12.7. The molecule has 0 spiro atoms. The van der Waals surface area contributed by atoms with Gasteiger partial charge in [0.15, 0.2) is 0 Å². The van der Waals surface area contributed by atoms with Crippen molar-refractivity contribution in [3.8, 4) is 0 Å². The molecular weight excluding hydrogens is 233 g/mol. The van der Waals surface area contributed by atoms with Crippen LogP contribution in [0.25, 0.3) is 0 Å². The third-order valence-electron chi connectivity index (χ3n) is 3.67. The van der Waals surface area contributed by atoms with E-state index in [-0.39, 0.29) is 5.91 Å². The molecule has 0 saturated heterocycles. The van der Waals surface area contributed by atoms with Gasteiger partial charge in [-0.1, -0.05) is 19.3 Å². The van der Waals surface area contributed by atoms with E-state index in [9.17, 15) is 9.18 Å². The molecule has 98 valence electrons. The van der Waals surface area contributed by atoms with Gasteiger partial charge in [-0.15, -0.1) is 0 Å². The first kappa shape index (κ1) is 13.0. The molecule has 5 heteroatoms. The Morgan fingerprint density at radius 2 is 2.11 bits per heavy atom.